The van der Waals surface area contributed by atoms with Gasteiger partial charge in [-0.2, -0.15) is 5.10 Å². The van der Waals surface area contributed by atoms with E-state index < -0.39 is 10.0 Å². The first kappa shape index (κ1) is 21.5. The topological polar surface area (TPSA) is 78.8 Å². The van der Waals surface area contributed by atoms with Crippen LogP contribution in [0.15, 0.2) is 53.6 Å². The molecule has 4 rings (SSSR count). The Morgan fingerprint density at radius 1 is 1.10 bits per heavy atom. The van der Waals surface area contributed by atoms with Gasteiger partial charge in [0.15, 0.2) is 0 Å². The third-order valence-electron chi connectivity index (χ3n) is 5.82. The molecule has 6 nitrogen and oxygen atoms in total. The van der Waals surface area contributed by atoms with Crippen molar-refractivity contribution in [1.82, 2.24) is 5.01 Å². The number of benzene rings is 2. The zero-order valence-corrected chi connectivity index (χ0v) is 18.2. The Morgan fingerprint density at radius 3 is 2.55 bits per heavy atom. The SMILES string of the molecule is CS(=O)(=O)Nc1cccc(C2=NN(C(=O)C3CCCCC3)[C@H](c3cccc(F)c3)C2)c1. The summed E-state index contributed by atoms with van der Waals surface area (Å²) in [5.74, 6) is -0.434. The molecule has 1 N–H and O–H groups in total. The molecule has 2 aliphatic rings. The maximum Gasteiger partial charge on any atom is 0.246 e. The first-order valence-corrected chi connectivity index (χ1v) is 12.4. The molecule has 1 saturated carbocycles. The fourth-order valence-corrected chi connectivity index (χ4v) is 4.93. The van der Waals surface area contributed by atoms with Crippen molar-refractivity contribution >= 4 is 27.3 Å². The van der Waals surface area contributed by atoms with Crippen molar-refractivity contribution in [2.75, 3.05) is 11.0 Å². The van der Waals surface area contributed by atoms with Crippen molar-refractivity contribution in [3.63, 3.8) is 0 Å². The minimum absolute atomic E-state index is 0.0191. The Kier molecular flexibility index (Phi) is 6.09. The largest absolute Gasteiger partial charge is 0.284 e. The highest BCUT2D eigenvalue weighted by Crippen LogP contribution is 2.36. The van der Waals surface area contributed by atoms with Crippen LogP contribution in [0.25, 0.3) is 0 Å². The van der Waals surface area contributed by atoms with E-state index in [0.29, 0.717) is 23.4 Å². The van der Waals surface area contributed by atoms with Gasteiger partial charge in [-0.3, -0.25) is 9.52 Å². The molecule has 0 radical (unpaired) electrons. The molecule has 31 heavy (non-hydrogen) atoms. The van der Waals surface area contributed by atoms with Crippen molar-refractivity contribution in [3.05, 3.63) is 65.5 Å². The van der Waals surface area contributed by atoms with E-state index >= 15 is 0 Å². The number of amides is 1. The van der Waals surface area contributed by atoms with Crippen molar-refractivity contribution < 1.29 is 17.6 Å². The molecule has 0 unspecified atom stereocenters. The molecular formula is C23H26FN3O3S. The predicted octanol–water partition coefficient (Wildman–Crippen LogP) is 4.46. The van der Waals surface area contributed by atoms with Gasteiger partial charge in [0.2, 0.25) is 15.9 Å². The van der Waals surface area contributed by atoms with E-state index in [9.17, 15) is 17.6 Å². The first-order valence-electron chi connectivity index (χ1n) is 10.5. The minimum atomic E-state index is -3.41. The second kappa shape index (κ2) is 8.78. The Balaban J connectivity index is 1.67. The summed E-state index contributed by atoms with van der Waals surface area (Å²) in [5.41, 5.74) is 2.54. The number of halogens is 1. The number of nitrogens with zero attached hydrogens (tertiary/aromatic N) is 2. The van der Waals surface area contributed by atoms with Gasteiger partial charge in [-0.1, -0.05) is 43.5 Å². The molecule has 164 valence electrons. The van der Waals surface area contributed by atoms with Crippen LogP contribution in [0.4, 0.5) is 10.1 Å². The molecule has 1 aliphatic carbocycles. The molecule has 0 aromatic heterocycles. The van der Waals surface area contributed by atoms with E-state index in [1.807, 2.05) is 12.1 Å². The van der Waals surface area contributed by atoms with Crippen LogP contribution >= 0.6 is 0 Å². The van der Waals surface area contributed by atoms with Crippen LogP contribution in [0.1, 0.15) is 55.7 Å². The average molecular weight is 444 g/mol. The number of hydrogen-bond acceptors (Lipinski definition) is 4. The summed E-state index contributed by atoms with van der Waals surface area (Å²) in [4.78, 5) is 13.3. The van der Waals surface area contributed by atoms with Gasteiger partial charge in [-0.15, -0.1) is 0 Å². The lowest BCUT2D eigenvalue weighted by Crippen LogP contribution is -2.34. The Morgan fingerprint density at radius 2 is 1.84 bits per heavy atom. The van der Waals surface area contributed by atoms with Crippen molar-refractivity contribution in [1.29, 1.82) is 0 Å². The summed E-state index contributed by atoms with van der Waals surface area (Å²) in [6.45, 7) is 0. The number of carbonyl (C=O) groups is 1. The highest BCUT2D eigenvalue weighted by Gasteiger charge is 2.36. The monoisotopic (exact) mass is 443 g/mol. The fourth-order valence-electron chi connectivity index (χ4n) is 4.37. The Bertz CT molecular complexity index is 1110. The molecule has 1 atom stereocenters. The van der Waals surface area contributed by atoms with Gasteiger partial charge in [0.25, 0.3) is 0 Å². The Hall–Kier alpha value is -2.74. The summed E-state index contributed by atoms with van der Waals surface area (Å²) in [6, 6.07) is 12.9. The summed E-state index contributed by atoms with van der Waals surface area (Å²) >= 11 is 0. The van der Waals surface area contributed by atoms with Gasteiger partial charge in [-0.25, -0.2) is 17.8 Å². The molecule has 2 aromatic carbocycles. The number of nitrogens with one attached hydrogen (secondary N) is 1. The van der Waals surface area contributed by atoms with E-state index in [0.717, 1.165) is 43.9 Å². The van der Waals surface area contributed by atoms with E-state index in [1.165, 1.54) is 17.1 Å². The van der Waals surface area contributed by atoms with Gasteiger partial charge in [-0.05, 0) is 48.2 Å². The first-order chi connectivity index (χ1) is 14.8. The van der Waals surface area contributed by atoms with Crippen LogP contribution in [-0.4, -0.2) is 31.3 Å². The maximum atomic E-state index is 13.9. The average Bonchev–Trinajstić information content (AvgIpc) is 3.18. The lowest BCUT2D eigenvalue weighted by molar-refractivity contribution is -0.138. The predicted molar refractivity (Wildman–Crippen MR) is 119 cm³/mol. The molecular weight excluding hydrogens is 417 g/mol. The fraction of sp³-hybridized carbons (Fsp3) is 0.391. The minimum Gasteiger partial charge on any atom is -0.284 e. The van der Waals surface area contributed by atoms with Crippen LogP contribution in [0.2, 0.25) is 0 Å². The normalized spacial score (nSPS) is 19.9. The standard InChI is InChI=1S/C23H26FN3O3S/c1-31(29,30)26-20-12-6-9-17(14-20)21-15-22(18-10-5-11-19(24)13-18)27(25-21)23(28)16-7-3-2-4-8-16/h5-6,9-14,16,22,26H,2-4,7-8,15H2,1H3/t22-/m0/s1. The van der Waals surface area contributed by atoms with Gasteiger partial charge in [0.1, 0.15) is 5.82 Å². The third kappa shape index (κ3) is 5.12. The second-order valence-electron chi connectivity index (χ2n) is 8.29. The van der Waals surface area contributed by atoms with Crippen molar-refractivity contribution in [2.24, 2.45) is 11.0 Å². The van der Waals surface area contributed by atoms with E-state index in [1.54, 1.807) is 24.3 Å². The lowest BCUT2D eigenvalue weighted by Gasteiger charge is -2.28. The van der Waals surface area contributed by atoms with Crippen molar-refractivity contribution in [2.45, 2.75) is 44.6 Å². The quantitative estimate of drug-likeness (QED) is 0.741. The summed E-state index contributed by atoms with van der Waals surface area (Å²) < 4.78 is 39.6. The summed E-state index contributed by atoms with van der Waals surface area (Å²) in [7, 11) is -3.41. The van der Waals surface area contributed by atoms with Crippen molar-refractivity contribution in [3.8, 4) is 0 Å². The molecule has 1 fully saturated rings. The van der Waals surface area contributed by atoms with Crippen LogP contribution < -0.4 is 4.72 Å². The second-order valence-corrected chi connectivity index (χ2v) is 10.0. The molecule has 0 spiro atoms. The number of anilines is 1. The number of hydrogen-bond donors (Lipinski definition) is 1. The molecule has 1 amide bonds. The van der Waals surface area contributed by atoms with Crippen LogP contribution in [0.3, 0.4) is 0 Å². The van der Waals surface area contributed by atoms with Gasteiger partial charge >= 0.3 is 0 Å². The highest BCUT2D eigenvalue weighted by atomic mass is 32.2. The van der Waals surface area contributed by atoms with E-state index in [2.05, 4.69) is 9.82 Å². The number of hydrazone groups is 1. The highest BCUT2D eigenvalue weighted by molar-refractivity contribution is 7.92. The Labute approximate surface area is 182 Å². The number of sulfonamides is 1. The third-order valence-corrected chi connectivity index (χ3v) is 6.43. The van der Waals surface area contributed by atoms with Gasteiger partial charge in [0.05, 0.1) is 18.0 Å². The molecule has 2 aromatic rings. The molecule has 1 aliphatic heterocycles. The van der Waals surface area contributed by atoms with Gasteiger partial charge < -0.3 is 0 Å². The lowest BCUT2D eigenvalue weighted by atomic mass is 9.88. The van der Waals surface area contributed by atoms with Crippen LogP contribution in [0.5, 0.6) is 0 Å². The van der Waals surface area contributed by atoms with E-state index in [4.69, 9.17) is 0 Å². The van der Waals surface area contributed by atoms with Crippen LogP contribution in [-0.2, 0) is 14.8 Å². The van der Waals surface area contributed by atoms with Gasteiger partial charge in [0, 0.05) is 18.0 Å². The zero-order valence-electron chi connectivity index (χ0n) is 17.4. The summed E-state index contributed by atoms with van der Waals surface area (Å²) in [6.07, 6.45) is 6.44. The zero-order chi connectivity index (χ0) is 22.0. The number of carbonyl (C=O) groups excluding carboxylic acids is 1. The smallest absolute Gasteiger partial charge is 0.246 e. The molecule has 1 heterocycles. The molecule has 0 bridgehead atoms. The van der Waals surface area contributed by atoms with E-state index in [-0.39, 0.29) is 23.7 Å². The molecule has 0 saturated heterocycles. The number of rotatable bonds is 5. The van der Waals surface area contributed by atoms with Crippen LogP contribution in [0, 0.1) is 11.7 Å². The maximum absolute atomic E-state index is 13.9. The molecule has 8 heteroatoms. The summed E-state index contributed by atoms with van der Waals surface area (Å²) in [5, 5.41) is 6.18.